The Morgan fingerprint density at radius 1 is 1.53 bits per heavy atom. The number of nitrogen functional groups attached to an aromatic ring is 1. The molecule has 1 aromatic heterocycles. The zero-order chi connectivity index (χ0) is 14.0. The lowest BCUT2D eigenvalue weighted by Crippen LogP contribution is -2.46. The number of nitrogens with two attached hydrogens (primary N) is 1. The molecule has 1 fully saturated rings. The molecular weight excluding hydrogens is 270 g/mol. The van der Waals surface area contributed by atoms with Crippen LogP contribution in [0.4, 0.5) is 5.82 Å². The molecule has 0 radical (unpaired) electrons. The third kappa shape index (κ3) is 2.87. The smallest absolute Gasteiger partial charge is 0.248 e. The van der Waals surface area contributed by atoms with Crippen molar-refractivity contribution in [1.29, 1.82) is 0 Å². The standard InChI is InChI=1S/C10H17N5O3S/c1-7(16)13-8-2-4-15(5-3-8)19(17,18)9-6-12-14-10(9)11/h6,8H,2-5H2,1H3,(H,13,16)(H3,11,12,14). The fourth-order valence-corrected chi connectivity index (χ4v) is 3.64. The molecule has 1 aromatic rings. The summed E-state index contributed by atoms with van der Waals surface area (Å²) in [7, 11) is -3.60. The Kier molecular flexibility index (Phi) is 3.76. The zero-order valence-electron chi connectivity index (χ0n) is 10.6. The summed E-state index contributed by atoms with van der Waals surface area (Å²) in [6, 6.07) is 0.0330. The van der Waals surface area contributed by atoms with E-state index in [2.05, 4.69) is 15.5 Å². The molecule has 9 heteroatoms. The monoisotopic (exact) mass is 287 g/mol. The molecule has 0 unspecified atom stereocenters. The van der Waals surface area contributed by atoms with Gasteiger partial charge in [0, 0.05) is 26.1 Å². The quantitative estimate of drug-likeness (QED) is 0.677. The molecule has 1 aliphatic rings. The molecule has 0 atom stereocenters. The first kappa shape index (κ1) is 13.8. The van der Waals surface area contributed by atoms with Crippen LogP contribution < -0.4 is 11.1 Å². The second-order valence-corrected chi connectivity index (χ2v) is 6.43. The van der Waals surface area contributed by atoms with Gasteiger partial charge in [-0.15, -0.1) is 0 Å². The van der Waals surface area contributed by atoms with Gasteiger partial charge in [0.05, 0.1) is 6.20 Å². The van der Waals surface area contributed by atoms with Crippen LogP contribution in [0, 0.1) is 0 Å². The minimum Gasteiger partial charge on any atom is -0.383 e. The van der Waals surface area contributed by atoms with Gasteiger partial charge in [0.1, 0.15) is 10.7 Å². The van der Waals surface area contributed by atoms with Crippen molar-refractivity contribution in [3.05, 3.63) is 6.20 Å². The molecule has 0 bridgehead atoms. The first-order valence-corrected chi connectivity index (χ1v) is 7.41. The summed E-state index contributed by atoms with van der Waals surface area (Å²) in [4.78, 5) is 11.0. The van der Waals surface area contributed by atoms with Crippen molar-refractivity contribution < 1.29 is 13.2 Å². The summed E-state index contributed by atoms with van der Waals surface area (Å²) in [5.41, 5.74) is 5.55. The minimum atomic E-state index is -3.60. The lowest BCUT2D eigenvalue weighted by molar-refractivity contribution is -0.119. The predicted octanol–water partition coefficient (Wildman–Crippen LogP) is -0.719. The molecule has 1 aliphatic heterocycles. The molecule has 4 N–H and O–H groups in total. The molecule has 0 aliphatic carbocycles. The Morgan fingerprint density at radius 2 is 2.16 bits per heavy atom. The van der Waals surface area contributed by atoms with Gasteiger partial charge < -0.3 is 11.1 Å². The van der Waals surface area contributed by atoms with Gasteiger partial charge in [-0.25, -0.2) is 8.42 Å². The van der Waals surface area contributed by atoms with Crippen LogP contribution in [0.5, 0.6) is 0 Å². The minimum absolute atomic E-state index is 0.00507. The summed E-state index contributed by atoms with van der Waals surface area (Å²) < 4.78 is 26.0. The summed E-state index contributed by atoms with van der Waals surface area (Å²) >= 11 is 0. The number of carbonyl (C=O) groups is 1. The highest BCUT2D eigenvalue weighted by Gasteiger charge is 2.31. The lowest BCUT2D eigenvalue weighted by Gasteiger charge is -2.31. The number of rotatable bonds is 3. The van der Waals surface area contributed by atoms with E-state index in [0.717, 1.165) is 0 Å². The number of piperidine rings is 1. The predicted molar refractivity (Wildman–Crippen MR) is 68.6 cm³/mol. The maximum atomic E-state index is 12.3. The average molecular weight is 287 g/mol. The van der Waals surface area contributed by atoms with E-state index in [4.69, 9.17) is 5.73 Å². The Bertz CT molecular complexity index is 559. The summed E-state index contributed by atoms with van der Waals surface area (Å²) in [5, 5.41) is 8.83. The highest BCUT2D eigenvalue weighted by Crippen LogP contribution is 2.23. The third-order valence-electron chi connectivity index (χ3n) is 3.11. The molecule has 1 saturated heterocycles. The number of hydrogen-bond acceptors (Lipinski definition) is 5. The van der Waals surface area contributed by atoms with Crippen LogP contribution in [0.15, 0.2) is 11.1 Å². The first-order valence-electron chi connectivity index (χ1n) is 5.97. The van der Waals surface area contributed by atoms with Crippen molar-refractivity contribution in [2.45, 2.75) is 30.7 Å². The lowest BCUT2D eigenvalue weighted by atomic mass is 10.1. The van der Waals surface area contributed by atoms with Crippen molar-refractivity contribution >= 4 is 21.7 Å². The maximum absolute atomic E-state index is 12.3. The highest BCUT2D eigenvalue weighted by atomic mass is 32.2. The number of carbonyl (C=O) groups excluding carboxylic acids is 1. The van der Waals surface area contributed by atoms with E-state index in [1.807, 2.05) is 0 Å². The van der Waals surface area contributed by atoms with E-state index in [-0.39, 0.29) is 22.7 Å². The fourth-order valence-electron chi connectivity index (χ4n) is 2.16. The molecule has 0 saturated carbocycles. The third-order valence-corrected chi connectivity index (χ3v) is 5.04. The van der Waals surface area contributed by atoms with Crippen LogP contribution in [0.3, 0.4) is 0 Å². The number of amides is 1. The number of aromatic nitrogens is 2. The van der Waals surface area contributed by atoms with E-state index < -0.39 is 10.0 Å². The molecule has 19 heavy (non-hydrogen) atoms. The van der Waals surface area contributed by atoms with Crippen LogP contribution in [0.1, 0.15) is 19.8 Å². The van der Waals surface area contributed by atoms with Gasteiger partial charge in [0.2, 0.25) is 15.9 Å². The van der Waals surface area contributed by atoms with Crippen molar-refractivity contribution in [2.75, 3.05) is 18.8 Å². The average Bonchev–Trinajstić information content (AvgIpc) is 2.76. The normalized spacial score (nSPS) is 18.4. The molecule has 2 rings (SSSR count). The van der Waals surface area contributed by atoms with Crippen LogP contribution in [-0.4, -0.2) is 48.0 Å². The summed E-state index contributed by atoms with van der Waals surface area (Å²) in [6.45, 7) is 2.17. The fraction of sp³-hybridized carbons (Fsp3) is 0.600. The van der Waals surface area contributed by atoms with Gasteiger partial charge >= 0.3 is 0 Å². The van der Waals surface area contributed by atoms with Gasteiger partial charge in [-0.3, -0.25) is 9.89 Å². The maximum Gasteiger partial charge on any atom is 0.248 e. The van der Waals surface area contributed by atoms with Crippen LogP contribution >= 0.6 is 0 Å². The molecule has 1 amide bonds. The van der Waals surface area contributed by atoms with Crippen LogP contribution in [0.25, 0.3) is 0 Å². The number of H-pyrrole nitrogens is 1. The van der Waals surface area contributed by atoms with Crippen molar-refractivity contribution in [3.8, 4) is 0 Å². The second-order valence-electron chi connectivity index (χ2n) is 4.53. The van der Waals surface area contributed by atoms with Gasteiger partial charge in [0.25, 0.3) is 0 Å². The van der Waals surface area contributed by atoms with E-state index in [9.17, 15) is 13.2 Å². The topological polar surface area (TPSA) is 121 Å². The van der Waals surface area contributed by atoms with Gasteiger partial charge in [-0.1, -0.05) is 0 Å². The van der Waals surface area contributed by atoms with Crippen molar-refractivity contribution in [1.82, 2.24) is 19.8 Å². The van der Waals surface area contributed by atoms with Gasteiger partial charge in [-0.2, -0.15) is 9.40 Å². The van der Waals surface area contributed by atoms with Gasteiger partial charge in [-0.05, 0) is 12.8 Å². The van der Waals surface area contributed by atoms with Crippen molar-refractivity contribution in [2.24, 2.45) is 0 Å². The van der Waals surface area contributed by atoms with Crippen molar-refractivity contribution in [3.63, 3.8) is 0 Å². The summed E-state index contributed by atoms with van der Waals surface area (Å²) in [5.74, 6) is -0.0515. The number of aromatic amines is 1. The molecule has 8 nitrogen and oxygen atoms in total. The largest absolute Gasteiger partial charge is 0.383 e. The number of nitrogens with one attached hydrogen (secondary N) is 2. The molecule has 2 heterocycles. The van der Waals surface area contributed by atoms with E-state index in [0.29, 0.717) is 25.9 Å². The van der Waals surface area contributed by atoms with Gasteiger partial charge in [0.15, 0.2) is 0 Å². The number of sulfonamides is 1. The Labute approximate surface area is 111 Å². The first-order chi connectivity index (χ1) is 8.91. The Hall–Kier alpha value is -1.61. The van der Waals surface area contributed by atoms with Crippen LogP contribution in [0.2, 0.25) is 0 Å². The second kappa shape index (κ2) is 5.17. The SMILES string of the molecule is CC(=O)NC1CCN(S(=O)(=O)c2cn[nH]c2N)CC1. The molecular formula is C10H17N5O3S. The molecule has 106 valence electrons. The van der Waals surface area contributed by atoms with E-state index in [1.54, 1.807) is 0 Å². The summed E-state index contributed by atoms with van der Waals surface area (Å²) in [6.07, 6.45) is 2.40. The number of hydrogen-bond donors (Lipinski definition) is 3. The Morgan fingerprint density at radius 3 is 2.63 bits per heavy atom. The molecule has 0 spiro atoms. The van der Waals surface area contributed by atoms with E-state index in [1.165, 1.54) is 17.4 Å². The number of anilines is 1. The molecule has 0 aromatic carbocycles. The Balaban J connectivity index is 2.05. The zero-order valence-corrected chi connectivity index (χ0v) is 11.4. The van der Waals surface area contributed by atoms with E-state index >= 15 is 0 Å². The highest BCUT2D eigenvalue weighted by molar-refractivity contribution is 7.89. The van der Waals surface area contributed by atoms with Crippen LogP contribution in [-0.2, 0) is 14.8 Å². The number of nitrogens with zero attached hydrogens (tertiary/aromatic N) is 2.